The van der Waals surface area contributed by atoms with Crippen molar-refractivity contribution in [1.29, 1.82) is 0 Å². The van der Waals surface area contributed by atoms with Crippen molar-refractivity contribution >= 4 is 27.5 Å². The molecule has 0 aliphatic rings. The van der Waals surface area contributed by atoms with E-state index in [0.29, 0.717) is 11.8 Å². The highest BCUT2D eigenvalue weighted by atomic mass is 79.9. The number of methoxy groups -OCH3 is 1. The number of aromatic nitrogens is 1. The van der Waals surface area contributed by atoms with Gasteiger partial charge in [-0.1, -0.05) is 0 Å². The number of rotatable bonds is 2. The number of ether oxygens (including phenoxy) is 1. The number of nitrogens with zero attached hydrogens (tertiary/aromatic N) is 1. The molecule has 0 aromatic carbocycles. The maximum atomic E-state index is 5.62. The van der Waals surface area contributed by atoms with Crippen LogP contribution in [0.2, 0.25) is 0 Å². The molecule has 0 saturated heterocycles. The summed E-state index contributed by atoms with van der Waals surface area (Å²) >= 11 is 8.89. The van der Waals surface area contributed by atoms with E-state index >= 15 is 0 Å². The molecule has 0 N–H and O–H groups in total. The zero-order chi connectivity index (χ0) is 8.27. The van der Waals surface area contributed by atoms with Gasteiger partial charge in [0.25, 0.3) is 0 Å². The predicted octanol–water partition coefficient (Wildman–Crippen LogP) is 2.59. The fourth-order valence-corrected chi connectivity index (χ4v) is 1.48. The summed E-state index contributed by atoms with van der Waals surface area (Å²) in [6.07, 6.45) is 0. The molecule has 1 aromatic heterocycles. The topological polar surface area (TPSA) is 22.1 Å². The van der Waals surface area contributed by atoms with Crippen molar-refractivity contribution in [3.05, 3.63) is 22.3 Å². The first kappa shape index (κ1) is 8.81. The smallest absolute Gasteiger partial charge is 0.214 e. The number of hydrogen-bond acceptors (Lipinski definition) is 2. The molecule has 2 nitrogen and oxygen atoms in total. The van der Waals surface area contributed by atoms with E-state index in [-0.39, 0.29) is 0 Å². The molecule has 0 aliphatic heterocycles. The molecule has 11 heavy (non-hydrogen) atoms. The van der Waals surface area contributed by atoms with E-state index in [9.17, 15) is 0 Å². The van der Waals surface area contributed by atoms with E-state index in [1.165, 1.54) is 0 Å². The number of alkyl halides is 1. The summed E-state index contributed by atoms with van der Waals surface area (Å²) in [4.78, 5) is 4.07. The van der Waals surface area contributed by atoms with Crippen LogP contribution >= 0.6 is 27.5 Å². The van der Waals surface area contributed by atoms with Gasteiger partial charge < -0.3 is 4.74 Å². The second-order valence-corrected chi connectivity index (χ2v) is 2.96. The van der Waals surface area contributed by atoms with Crippen LogP contribution < -0.4 is 4.74 Å². The lowest BCUT2D eigenvalue weighted by atomic mass is 10.3. The third-order valence-corrected chi connectivity index (χ3v) is 2.23. The summed E-state index contributed by atoms with van der Waals surface area (Å²) in [6, 6.07) is 3.66. The van der Waals surface area contributed by atoms with Gasteiger partial charge in [-0.15, -0.1) is 11.6 Å². The molecule has 1 heterocycles. The fourth-order valence-electron chi connectivity index (χ4n) is 0.660. The van der Waals surface area contributed by atoms with Crippen LogP contribution in [-0.4, -0.2) is 12.1 Å². The van der Waals surface area contributed by atoms with Gasteiger partial charge in [-0.05, 0) is 22.0 Å². The normalized spacial score (nSPS) is 9.73. The highest BCUT2D eigenvalue weighted by Crippen LogP contribution is 2.19. The van der Waals surface area contributed by atoms with Gasteiger partial charge in [-0.3, -0.25) is 0 Å². The molecule has 0 radical (unpaired) electrons. The van der Waals surface area contributed by atoms with Gasteiger partial charge in [-0.25, -0.2) is 4.98 Å². The first-order valence-corrected chi connectivity index (χ1v) is 4.36. The third-order valence-electron chi connectivity index (χ3n) is 1.25. The van der Waals surface area contributed by atoms with Crippen LogP contribution in [0.3, 0.4) is 0 Å². The van der Waals surface area contributed by atoms with E-state index in [1.54, 1.807) is 13.2 Å². The molecule has 0 aliphatic carbocycles. The van der Waals surface area contributed by atoms with E-state index in [0.717, 1.165) is 10.2 Å². The Morgan fingerprint density at radius 2 is 2.36 bits per heavy atom. The molecule has 1 rings (SSSR count). The van der Waals surface area contributed by atoms with Gasteiger partial charge in [0.05, 0.1) is 13.0 Å². The van der Waals surface area contributed by atoms with Gasteiger partial charge in [0.1, 0.15) is 4.60 Å². The van der Waals surface area contributed by atoms with Gasteiger partial charge in [0, 0.05) is 11.6 Å². The summed E-state index contributed by atoms with van der Waals surface area (Å²) in [7, 11) is 1.58. The second-order valence-electron chi connectivity index (χ2n) is 1.94. The Balaban J connectivity index is 2.99. The van der Waals surface area contributed by atoms with Crippen LogP contribution in [0.1, 0.15) is 5.56 Å². The molecular formula is C7H7BrClNO. The van der Waals surface area contributed by atoms with Crippen LogP contribution in [-0.2, 0) is 5.88 Å². The van der Waals surface area contributed by atoms with Crippen LogP contribution in [0, 0.1) is 0 Å². The summed E-state index contributed by atoms with van der Waals surface area (Å²) in [5.41, 5.74) is 0.965. The third kappa shape index (κ3) is 2.07. The molecule has 4 heteroatoms. The molecule has 60 valence electrons. The molecule has 0 amide bonds. The van der Waals surface area contributed by atoms with Crippen LogP contribution in [0.25, 0.3) is 0 Å². The Bertz CT molecular complexity index is 254. The Morgan fingerprint density at radius 3 is 2.82 bits per heavy atom. The molecular weight excluding hydrogens is 229 g/mol. The molecule has 0 bridgehead atoms. The molecule has 0 saturated carbocycles. The highest BCUT2D eigenvalue weighted by molar-refractivity contribution is 9.10. The van der Waals surface area contributed by atoms with Crippen molar-refractivity contribution in [2.24, 2.45) is 0 Å². The summed E-state index contributed by atoms with van der Waals surface area (Å²) in [6.45, 7) is 0. The van der Waals surface area contributed by atoms with E-state index in [1.807, 2.05) is 6.07 Å². The zero-order valence-electron chi connectivity index (χ0n) is 5.97. The average molecular weight is 236 g/mol. The largest absolute Gasteiger partial charge is 0.481 e. The van der Waals surface area contributed by atoms with Gasteiger partial charge in [-0.2, -0.15) is 0 Å². The highest BCUT2D eigenvalue weighted by Gasteiger charge is 2.00. The molecule has 1 aromatic rings. The number of pyridine rings is 1. The maximum Gasteiger partial charge on any atom is 0.214 e. The summed E-state index contributed by atoms with van der Waals surface area (Å²) in [5.74, 6) is 1.04. The van der Waals surface area contributed by atoms with Crippen LogP contribution in [0.4, 0.5) is 0 Å². The van der Waals surface area contributed by atoms with Crippen molar-refractivity contribution in [2.45, 2.75) is 5.88 Å². The second kappa shape index (κ2) is 3.93. The van der Waals surface area contributed by atoms with Gasteiger partial charge >= 0.3 is 0 Å². The molecule has 0 unspecified atom stereocenters. The minimum absolute atomic E-state index is 0.456. The fraction of sp³-hybridized carbons (Fsp3) is 0.286. The first-order chi connectivity index (χ1) is 5.27. The van der Waals surface area contributed by atoms with Crippen molar-refractivity contribution in [1.82, 2.24) is 4.98 Å². The number of halogens is 2. The van der Waals surface area contributed by atoms with Gasteiger partial charge in [0.15, 0.2) is 0 Å². The molecule has 0 spiro atoms. The van der Waals surface area contributed by atoms with E-state index in [4.69, 9.17) is 16.3 Å². The lowest BCUT2D eigenvalue weighted by Gasteiger charge is -2.01. The predicted molar refractivity (Wildman–Crippen MR) is 48.0 cm³/mol. The quantitative estimate of drug-likeness (QED) is 0.582. The lowest BCUT2D eigenvalue weighted by molar-refractivity contribution is 0.397. The van der Waals surface area contributed by atoms with Crippen molar-refractivity contribution in [3.8, 4) is 5.88 Å². The summed E-state index contributed by atoms with van der Waals surface area (Å²) < 4.78 is 5.65. The maximum absolute atomic E-state index is 5.62. The van der Waals surface area contributed by atoms with E-state index < -0.39 is 0 Å². The zero-order valence-corrected chi connectivity index (χ0v) is 8.32. The SMILES string of the molecule is COc1ccc(CCl)c(Br)n1. The molecule has 0 atom stereocenters. The van der Waals surface area contributed by atoms with E-state index in [2.05, 4.69) is 20.9 Å². The van der Waals surface area contributed by atoms with Crippen LogP contribution in [0.5, 0.6) is 5.88 Å². The van der Waals surface area contributed by atoms with Gasteiger partial charge in [0.2, 0.25) is 5.88 Å². The standard InChI is InChI=1S/C7H7BrClNO/c1-11-6-3-2-5(4-9)7(8)10-6/h2-3H,4H2,1H3. The minimum Gasteiger partial charge on any atom is -0.481 e. The Labute approximate surface area is 78.7 Å². The first-order valence-electron chi connectivity index (χ1n) is 3.03. The summed E-state index contributed by atoms with van der Waals surface area (Å²) in [5, 5.41) is 0. The Kier molecular flexibility index (Phi) is 3.15. The lowest BCUT2D eigenvalue weighted by Crippen LogP contribution is -1.90. The van der Waals surface area contributed by atoms with Crippen molar-refractivity contribution in [3.63, 3.8) is 0 Å². The Hall–Kier alpha value is -0.280. The average Bonchev–Trinajstić information content (AvgIpc) is 2.04. The number of hydrogen-bond donors (Lipinski definition) is 0. The Morgan fingerprint density at radius 1 is 1.64 bits per heavy atom. The van der Waals surface area contributed by atoms with Crippen molar-refractivity contribution < 1.29 is 4.74 Å². The van der Waals surface area contributed by atoms with Crippen molar-refractivity contribution in [2.75, 3.05) is 7.11 Å². The monoisotopic (exact) mass is 235 g/mol. The molecule has 0 fully saturated rings. The van der Waals surface area contributed by atoms with Crippen LogP contribution in [0.15, 0.2) is 16.7 Å². The minimum atomic E-state index is 0.456.